The van der Waals surface area contributed by atoms with Crippen LogP contribution in [0.1, 0.15) is 25.5 Å². The lowest BCUT2D eigenvalue weighted by Gasteiger charge is -2.30. The molecule has 8 nitrogen and oxygen atoms in total. The van der Waals surface area contributed by atoms with E-state index in [0.717, 1.165) is 24.4 Å². The van der Waals surface area contributed by atoms with Gasteiger partial charge in [0.1, 0.15) is 11.4 Å². The third kappa shape index (κ3) is 6.18. The Kier molecular flexibility index (Phi) is 8.42. The fraction of sp³-hybridized carbons (Fsp3) is 0.381. The van der Waals surface area contributed by atoms with Crippen molar-refractivity contribution in [1.82, 2.24) is 10.2 Å². The number of likely N-dealkylation sites (N-methyl/N-ethyl adjacent to an activating group) is 1. The van der Waals surface area contributed by atoms with Gasteiger partial charge in [-0.05, 0) is 36.9 Å². The average Bonchev–Trinajstić information content (AvgIpc) is 2.75. The minimum atomic E-state index is -0.473. The Morgan fingerprint density at radius 3 is 2.55 bits per heavy atom. The predicted octanol–water partition coefficient (Wildman–Crippen LogP) is 3.21. The minimum absolute atomic E-state index is 0.00453. The zero-order valence-corrected chi connectivity index (χ0v) is 17.1. The topological polar surface area (TPSA) is 96.7 Å². The molecule has 2 N–H and O–H groups in total. The maximum absolute atomic E-state index is 12.4. The Hall–Kier alpha value is -3.13. The van der Waals surface area contributed by atoms with E-state index >= 15 is 0 Å². The maximum Gasteiger partial charge on any atom is 0.292 e. The SMILES string of the molecule is CCN(CC)C(CNC(=O)CNc1ccccc1[N+](=O)[O-])c1cccc(OC)c1. The van der Waals surface area contributed by atoms with Gasteiger partial charge in [-0.1, -0.05) is 38.1 Å². The lowest BCUT2D eigenvalue weighted by molar-refractivity contribution is -0.383. The summed E-state index contributed by atoms with van der Waals surface area (Å²) >= 11 is 0. The number of ether oxygens (including phenoxy) is 1. The Bertz CT molecular complexity index is 824. The summed E-state index contributed by atoms with van der Waals surface area (Å²) in [6.07, 6.45) is 0. The molecule has 1 atom stereocenters. The van der Waals surface area contributed by atoms with E-state index in [2.05, 4.69) is 29.4 Å². The third-order valence-corrected chi connectivity index (χ3v) is 4.76. The van der Waals surface area contributed by atoms with Gasteiger partial charge in [-0.25, -0.2) is 0 Å². The van der Waals surface area contributed by atoms with Crippen LogP contribution in [0.5, 0.6) is 5.75 Å². The normalized spacial score (nSPS) is 11.7. The van der Waals surface area contributed by atoms with Crippen molar-refractivity contribution in [1.29, 1.82) is 0 Å². The molecule has 0 fully saturated rings. The first kappa shape index (κ1) is 22.2. The van der Waals surface area contributed by atoms with Crippen LogP contribution in [0.2, 0.25) is 0 Å². The van der Waals surface area contributed by atoms with E-state index in [9.17, 15) is 14.9 Å². The van der Waals surface area contributed by atoms with Crippen LogP contribution in [0.3, 0.4) is 0 Å². The van der Waals surface area contributed by atoms with E-state index in [0.29, 0.717) is 12.2 Å². The molecule has 0 saturated heterocycles. The summed E-state index contributed by atoms with van der Waals surface area (Å²) in [6, 6.07) is 14.1. The van der Waals surface area contributed by atoms with E-state index < -0.39 is 4.92 Å². The minimum Gasteiger partial charge on any atom is -0.497 e. The molecule has 0 saturated carbocycles. The molecule has 0 heterocycles. The van der Waals surface area contributed by atoms with Crippen LogP contribution in [-0.2, 0) is 4.79 Å². The van der Waals surface area contributed by atoms with Gasteiger partial charge in [0.25, 0.3) is 5.69 Å². The van der Waals surface area contributed by atoms with Gasteiger partial charge in [0, 0.05) is 12.6 Å². The number of para-hydroxylation sites is 2. The van der Waals surface area contributed by atoms with Crippen LogP contribution in [0.15, 0.2) is 48.5 Å². The van der Waals surface area contributed by atoms with E-state index in [-0.39, 0.29) is 24.2 Å². The van der Waals surface area contributed by atoms with Crippen molar-refractivity contribution in [2.75, 3.05) is 38.6 Å². The van der Waals surface area contributed by atoms with Gasteiger partial charge in [-0.15, -0.1) is 0 Å². The molecule has 0 aliphatic rings. The summed E-state index contributed by atoms with van der Waals surface area (Å²) in [4.78, 5) is 25.2. The predicted molar refractivity (Wildman–Crippen MR) is 113 cm³/mol. The van der Waals surface area contributed by atoms with Crippen LogP contribution in [0.4, 0.5) is 11.4 Å². The van der Waals surface area contributed by atoms with Gasteiger partial charge in [-0.2, -0.15) is 0 Å². The first-order valence-electron chi connectivity index (χ1n) is 9.62. The molecule has 0 radical (unpaired) electrons. The number of hydrogen-bond acceptors (Lipinski definition) is 6. The van der Waals surface area contributed by atoms with Gasteiger partial charge in [-0.3, -0.25) is 19.8 Å². The van der Waals surface area contributed by atoms with Crippen molar-refractivity contribution in [3.63, 3.8) is 0 Å². The Balaban J connectivity index is 2.03. The molecule has 2 aromatic carbocycles. The number of nitro benzene ring substituents is 1. The van der Waals surface area contributed by atoms with Crippen LogP contribution < -0.4 is 15.4 Å². The monoisotopic (exact) mass is 400 g/mol. The second kappa shape index (κ2) is 11.0. The van der Waals surface area contributed by atoms with Gasteiger partial charge in [0.05, 0.1) is 24.6 Å². The van der Waals surface area contributed by atoms with Crippen molar-refractivity contribution in [3.8, 4) is 5.75 Å². The largest absolute Gasteiger partial charge is 0.497 e. The highest BCUT2D eigenvalue weighted by atomic mass is 16.6. The molecule has 1 unspecified atom stereocenters. The summed E-state index contributed by atoms with van der Waals surface area (Å²) in [5, 5.41) is 16.9. The number of carbonyl (C=O) groups is 1. The number of anilines is 1. The van der Waals surface area contributed by atoms with Crippen LogP contribution in [0, 0.1) is 10.1 Å². The summed E-state index contributed by atoms with van der Waals surface area (Å²) in [5.74, 6) is 0.534. The number of methoxy groups -OCH3 is 1. The summed E-state index contributed by atoms with van der Waals surface area (Å²) in [5.41, 5.74) is 1.32. The van der Waals surface area contributed by atoms with Gasteiger partial charge in [0.2, 0.25) is 5.91 Å². The number of amides is 1. The van der Waals surface area contributed by atoms with Crippen molar-refractivity contribution < 1.29 is 14.5 Å². The fourth-order valence-electron chi connectivity index (χ4n) is 3.20. The smallest absolute Gasteiger partial charge is 0.292 e. The van der Waals surface area contributed by atoms with E-state index in [4.69, 9.17) is 4.74 Å². The van der Waals surface area contributed by atoms with Crippen molar-refractivity contribution >= 4 is 17.3 Å². The quantitative estimate of drug-likeness (QED) is 0.444. The Labute approximate surface area is 171 Å². The first-order chi connectivity index (χ1) is 14.0. The average molecular weight is 400 g/mol. The molecule has 0 bridgehead atoms. The Morgan fingerprint density at radius 1 is 1.17 bits per heavy atom. The molecule has 0 aliphatic carbocycles. The number of rotatable bonds is 11. The molecule has 2 rings (SSSR count). The van der Waals surface area contributed by atoms with Crippen molar-refractivity contribution in [3.05, 3.63) is 64.2 Å². The van der Waals surface area contributed by atoms with Gasteiger partial charge in [0.15, 0.2) is 0 Å². The van der Waals surface area contributed by atoms with Crippen LogP contribution >= 0.6 is 0 Å². The highest BCUT2D eigenvalue weighted by molar-refractivity contribution is 5.81. The van der Waals surface area contributed by atoms with E-state index in [1.807, 2.05) is 24.3 Å². The van der Waals surface area contributed by atoms with Crippen molar-refractivity contribution in [2.24, 2.45) is 0 Å². The van der Waals surface area contributed by atoms with Gasteiger partial charge >= 0.3 is 0 Å². The molecular formula is C21H28N4O4. The number of hydrogen-bond donors (Lipinski definition) is 2. The summed E-state index contributed by atoms with van der Waals surface area (Å²) in [6.45, 7) is 6.20. The molecule has 1 amide bonds. The zero-order valence-electron chi connectivity index (χ0n) is 17.1. The molecule has 0 aromatic heterocycles. The maximum atomic E-state index is 12.4. The molecule has 2 aromatic rings. The molecule has 156 valence electrons. The lowest BCUT2D eigenvalue weighted by atomic mass is 10.0. The molecule has 0 spiro atoms. The number of nitrogens with zero attached hydrogens (tertiary/aromatic N) is 2. The van der Waals surface area contributed by atoms with Crippen LogP contribution in [0.25, 0.3) is 0 Å². The second-order valence-electron chi connectivity index (χ2n) is 6.45. The molecular weight excluding hydrogens is 372 g/mol. The number of nitrogens with one attached hydrogen (secondary N) is 2. The molecule has 8 heteroatoms. The number of benzene rings is 2. The van der Waals surface area contributed by atoms with Crippen LogP contribution in [-0.4, -0.2) is 49.0 Å². The van der Waals surface area contributed by atoms with E-state index in [1.54, 1.807) is 25.3 Å². The lowest BCUT2D eigenvalue weighted by Crippen LogP contribution is -2.39. The highest BCUT2D eigenvalue weighted by Gasteiger charge is 2.20. The number of nitro groups is 1. The molecule has 29 heavy (non-hydrogen) atoms. The summed E-state index contributed by atoms with van der Waals surface area (Å²) < 4.78 is 5.32. The second-order valence-corrected chi connectivity index (χ2v) is 6.45. The standard InChI is InChI=1S/C21H28N4O4/c1-4-24(5-2)20(16-9-8-10-17(13-16)29-3)14-23-21(26)15-22-18-11-6-7-12-19(18)25(27)28/h6-13,20,22H,4-5,14-15H2,1-3H3,(H,23,26). The number of carbonyl (C=O) groups excluding carboxylic acids is 1. The first-order valence-corrected chi connectivity index (χ1v) is 9.62. The van der Waals surface area contributed by atoms with Crippen molar-refractivity contribution in [2.45, 2.75) is 19.9 Å². The highest BCUT2D eigenvalue weighted by Crippen LogP contribution is 2.24. The zero-order chi connectivity index (χ0) is 21.2. The fourth-order valence-corrected chi connectivity index (χ4v) is 3.20. The van der Waals surface area contributed by atoms with Gasteiger partial charge < -0.3 is 15.4 Å². The third-order valence-electron chi connectivity index (χ3n) is 4.76. The summed E-state index contributed by atoms with van der Waals surface area (Å²) in [7, 11) is 1.63. The Morgan fingerprint density at radius 2 is 1.90 bits per heavy atom. The molecule has 0 aliphatic heterocycles. The van der Waals surface area contributed by atoms with E-state index in [1.165, 1.54) is 6.07 Å².